The number of aromatic hydroxyl groups is 4. The van der Waals surface area contributed by atoms with Crippen LogP contribution in [0.3, 0.4) is 0 Å². The van der Waals surface area contributed by atoms with E-state index >= 15 is 0 Å². The number of piperazine rings is 1. The van der Waals surface area contributed by atoms with Crippen LogP contribution in [0.25, 0.3) is 27.8 Å². The van der Waals surface area contributed by atoms with Crippen molar-refractivity contribution in [1.82, 2.24) is 34.9 Å². The van der Waals surface area contributed by atoms with Gasteiger partial charge in [-0.15, -0.1) is 5.10 Å². The molecule has 6 aromatic rings. The van der Waals surface area contributed by atoms with Gasteiger partial charge in [0.1, 0.15) is 35.4 Å². The first-order valence-corrected chi connectivity index (χ1v) is 21.6. The van der Waals surface area contributed by atoms with Gasteiger partial charge in [0.15, 0.2) is 5.82 Å². The molecule has 6 N–H and O–H groups in total. The number of phenols is 3. The molecule has 8 rings (SSSR count). The molecule has 0 unspecified atom stereocenters. The Morgan fingerprint density at radius 1 is 0.846 bits per heavy atom. The Bertz CT molecular complexity index is 2680. The molecule has 2 aliphatic heterocycles. The summed E-state index contributed by atoms with van der Waals surface area (Å²) in [7, 11) is 0. The zero-order valence-electron chi connectivity index (χ0n) is 36.1. The number of hydrogen-bond donors (Lipinski definition) is 6. The van der Waals surface area contributed by atoms with Gasteiger partial charge in [-0.2, -0.15) is 4.98 Å². The summed E-state index contributed by atoms with van der Waals surface area (Å²) in [6, 6.07) is 20.9. The molecule has 18 nitrogen and oxygen atoms in total. The Balaban J connectivity index is 0.811. The lowest BCUT2D eigenvalue weighted by molar-refractivity contribution is -0.126. The molecule has 2 amide bonds. The summed E-state index contributed by atoms with van der Waals surface area (Å²) < 4.78 is 12.9. The van der Waals surface area contributed by atoms with E-state index in [1.165, 1.54) is 16.7 Å². The average molecular weight is 885 g/mol. The molecule has 1 saturated heterocycles. The first kappa shape index (κ1) is 44.0. The minimum atomic E-state index is -0.368. The zero-order valence-corrected chi connectivity index (χ0v) is 36.1. The summed E-state index contributed by atoms with van der Waals surface area (Å²) >= 11 is 0. The van der Waals surface area contributed by atoms with Crippen LogP contribution in [0.4, 0.5) is 17.5 Å². The van der Waals surface area contributed by atoms with E-state index in [0.29, 0.717) is 93.7 Å². The molecule has 2 aliphatic rings. The van der Waals surface area contributed by atoms with Gasteiger partial charge in [0.05, 0.1) is 36.7 Å². The summed E-state index contributed by atoms with van der Waals surface area (Å²) in [5, 5.41) is 57.7. The van der Waals surface area contributed by atoms with Crippen molar-refractivity contribution in [3.8, 4) is 46.1 Å². The molecule has 0 atom stereocenters. The number of phenolic OH excluding ortho intramolecular Hbond substituents is 3. The second-order valence-corrected chi connectivity index (χ2v) is 15.7. The second kappa shape index (κ2) is 19.8. The van der Waals surface area contributed by atoms with Crippen LogP contribution in [0.2, 0.25) is 0 Å². The van der Waals surface area contributed by atoms with Crippen molar-refractivity contribution in [2.24, 2.45) is 0 Å². The van der Waals surface area contributed by atoms with Gasteiger partial charge in [0, 0.05) is 81.0 Å². The van der Waals surface area contributed by atoms with Crippen molar-refractivity contribution >= 4 is 40.0 Å². The summed E-state index contributed by atoms with van der Waals surface area (Å²) in [6.45, 7) is 10.5. The van der Waals surface area contributed by atoms with E-state index in [-0.39, 0.29) is 67.1 Å². The maximum Gasteiger partial charge on any atom is 0.319 e. The number of amides is 2. The fourth-order valence-corrected chi connectivity index (χ4v) is 8.18. The Hall–Kier alpha value is -7.60. The predicted octanol–water partition coefficient (Wildman–Crippen LogP) is 4.67. The Morgan fingerprint density at radius 3 is 2.43 bits per heavy atom. The number of hydrogen-bond acceptors (Lipinski definition) is 15. The smallest absolute Gasteiger partial charge is 0.319 e. The number of rotatable bonds is 17. The molecule has 2 aromatic heterocycles. The van der Waals surface area contributed by atoms with Gasteiger partial charge in [-0.25, -0.2) is 9.55 Å². The van der Waals surface area contributed by atoms with Gasteiger partial charge in [-0.1, -0.05) is 42.9 Å². The molecule has 0 bridgehead atoms. The molecular weight excluding hydrogens is 833 g/mol. The quantitative estimate of drug-likeness (QED) is 0.0541. The summed E-state index contributed by atoms with van der Waals surface area (Å²) in [5.74, 6) is 1.74. The normalized spacial score (nSPS) is 13.7. The number of nitrogens with zero attached hydrogens (tertiary/aromatic N) is 8. The summed E-state index contributed by atoms with van der Waals surface area (Å²) in [4.78, 5) is 41.2. The SMILES string of the molecule is C=CC(=O)N1CCN(c2nc(NCCC(=O)NCCOCCOc3ccc(-n4c(O)nnc4-c4cc(CC)c(O)cc4O)cc3)nc3c2CCN(c2cc(O)cc4ccccc24)C3)CC1. The lowest BCUT2D eigenvalue weighted by atomic mass is 10.0. The third kappa shape index (κ3) is 9.97. The van der Waals surface area contributed by atoms with E-state index < -0.39 is 0 Å². The maximum absolute atomic E-state index is 12.8. The van der Waals surface area contributed by atoms with E-state index in [4.69, 9.17) is 19.4 Å². The minimum absolute atomic E-state index is 0.0293. The average Bonchev–Trinajstić information content (AvgIpc) is 3.70. The van der Waals surface area contributed by atoms with Gasteiger partial charge in [0.25, 0.3) is 0 Å². The first-order valence-electron chi connectivity index (χ1n) is 21.6. The standard InChI is InChI=1S/C47H52N10O8/c1-3-30-26-37(41(60)28-40(30)59)45-52-53-47(63)57(45)32-9-11-34(12-10-32)65-24-23-64-22-16-48-42(61)13-15-49-46-50-38-29-56(39-27-33(58)25-31-7-5-6-8-35(31)39)17-14-36(38)44(51-46)55-20-18-54(19-21-55)43(62)4-2/h4-12,25-28,58-60H,2-3,13-24,29H2,1H3,(H,48,61)(H,53,63)(H,49,50,51). The number of ether oxygens (including phenoxy) is 2. The molecule has 338 valence electrons. The van der Waals surface area contributed by atoms with Crippen molar-refractivity contribution in [2.75, 3.05) is 80.8 Å². The number of fused-ring (bicyclic) bond motifs is 2. The molecular formula is C47H52N10O8. The number of carbonyl (C=O) groups excluding carboxylic acids is 2. The number of aromatic nitrogens is 5. The second-order valence-electron chi connectivity index (χ2n) is 15.7. The molecule has 0 radical (unpaired) electrons. The van der Waals surface area contributed by atoms with Crippen LogP contribution in [-0.2, 0) is 33.7 Å². The van der Waals surface area contributed by atoms with Crippen molar-refractivity contribution in [2.45, 2.75) is 32.7 Å². The van der Waals surface area contributed by atoms with Crippen LogP contribution in [0.1, 0.15) is 30.2 Å². The Morgan fingerprint density at radius 2 is 1.65 bits per heavy atom. The van der Waals surface area contributed by atoms with Gasteiger partial charge in [0.2, 0.25) is 17.8 Å². The van der Waals surface area contributed by atoms with E-state index in [2.05, 4.69) is 43.3 Å². The van der Waals surface area contributed by atoms with Crippen LogP contribution in [-0.4, -0.2) is 128 Å². The van der Waals surface area contributed by atoms with Gasteiger partial charge >= 0.3 is 6.01 Å². The van der Waals surface area contributed by atoms with E-state index in [9.17, 15) is 30.0 Å². The monoisotopic (exact) mass is 884 g/mol. The third-order valence-corrected chi connectivity index (χ3v) is 11.5. The zero-order chi connectivity index (χ0) is 45.5. The molecule has 18 heteroatoms. The third-order valence-electron chi connectivity index (χ3n) is 11.5. The highest BCUT2D eigenvalue weighted by atomic mass is 16.5. The fourth-order valence-electron chi connectivity index (χ4n) is 8.18. The highest BCUT2D eigenvalue weighted by Gasteiger charge is 2.29. The number of anilines is 3. The van der Waals surface area contributed by atoms with Gasteiger partial charge < -0.3 is 55.2 Å². The van der Waals surface area contributed by atoms with Gasteiger partial charge in [-0.05, 0) is 66.3 Å². The van der Waals surface area contributed by atoms with Gasteiger partial charge in [-0.3, -0.25) is 9.59 Å². The Labute approximate surface area is 375 Å². The minimum Gasteiger partial charge on any atom is -0.508 e. The molecule has 0 aliphatic carbocycles. The predicted molar refractivity (Wildman–Crippen MR) is 245 cm³/mol. The lowest BCUT2D eigenvalue weighted by Gasteiger charge is -2.38. The maximum atomic E-state index is 12.8. The fraction of sp³-hybridized carbons (Fsp3) is 0.319. The topological polar surface area (TPSA) is 224 Å². The molecule has 0 spiro atoms. The first-order chi connectivity index (χ1) is 31.6. The van der Waals surface area contributed by atoms with E-state index in [0.717, 1.165) is 33.5 Å². The highest BCUT2D eigenvalue weighted by molar-refractivity contribution is 5.96. The van der Waals surface area contributed by atoms with Crippen molar-refractivity contribution < 1.29 is 39.5 Å². The number of carbonyl (C=O) groups is 2. The van der Waals surface area contributed by atoms with Crippen LogP contribution < -0.4 is 25.2 Å². The lowest BCUT2D eigenvalue weighted by Crippen LogP contribution is -2.49. The van der Waals surface area contributed by atoms with Crippen LogP contribution in [0, 0.1) is 0 Å². The summed E-state index contributed by atoms with van der Waals surface area (Å²) in [5.41, 5.74) is 4.31. The molecule has 4 heterocycles. The van der Waals surface area contributed by atoms with Crippen LogP contribution in [0.5, 0.6) is 29.0 Å². The number of benzene rings is 4. The highest BCUT2D eigenvalue weighted by Crippen LogP contribution is 2.38. The summed E-state index contributed by atoms with van der Waals surface area (Å²) in [6.07, 6.45) is 2.75. The van der Waals surface area contributed by atoms with E-state index in [1.807, 2.05) is 25.1 Å². The van der Waals surface area contributed by atoms with Crippen LogP contribution >= 0.6 is 0 Å². The molecule has 4 aromatic carbocycles. The number of nitrogens with one attached hydrogen (secondary N) is 2. The van der Waals surface area contributed by atoms with Crippen LogP contribution in [0.15, 0.2) is 85.5 Å². The molecule has 1 fully saturated rings. The number of aryl methyl sites for hydroxylation is 1. The molecule has 65 heavy (non-hydrogen) atoms. The van der Waals surface area contributed by atoms with E-state index in [1.54, 1.807) is 47.4 Å². The van der Waals surface area contributed by atoms with Crippen molar-refractivity contribution in [1.29, 1.82) is 0 Å². The Kier molecular flexibility index (Phi) is 13.4. The van der Waals surface area contributed by atoms with Crippen molar-refractivity contribution in [3.63, 3.8) is 0 Å². The molecule has 0 saturated carbocycles. The van der Waals surface area contributed by atoms with Crippen molar-refractivity contribution in [3.05, 3.63) is 102 Å². The largest absolute Gasteiger partial charge is 0.508 e.